The highest BCUT2D eigenvalue weighted by molar-refractivity contribution is 7.51. The summed E-state index contributed by atoms with van der Waals surface area (Å²) in [6.45, 7) is 10.0. The van der Waals surface area contributed by atoms with Gasteiger partial charge in [-0.3, -0.25) is 9.05 Å². The topological polar surface area (TPSA) is 97.6 Å². The minimum Gasteiger partial charge on any atom is -0.329 e. The van der Waals surface area contributed by atoms with Crippen molar-refractivity contribution in [1.29, 1.82) is 0 Å². The van der Waals surface area contributed by atoms with Crippen molar-refractivity contribution in [1.82, 2.24) is 15.7 Å². The molecular formula is C36H79N4O3P. The van der Waals surface area contributed by atoms with Gasteiger partial charge in [0.2, 0.25) is 0 Å². The lowest BCUT2D eigenvalue weighted by atomic mass is 10.0. The molecule has 0 bridgehead atoms. The van der Waals surface area contributed by atoms with Crippen molar-refractivity contribution >= 4 is 7.75 Å². The smallest absolute Gasteiger partial charge is 0.329 e. The number of hydrogen-bond donors (Lipinski definition) is 4. The van der Waals surface area contributed by atoms with Crippen LogP contribution in [0.2, 0.25) is 0 Å². The average Bonchev–Trinajstić information content (AvgIpc) is 3.02. The second-order valence-electron chi connectivity index (χ2n) is 12.8. The minimum atomic E-state index is -3.28. The van der Waals surface area contributed by atoms with E-state index >= 15 is 0 Å². The van der Waals surface area contributed by atoms with Crippen LogP contribution in [0.1, 0.15) is 181 Å². The molecule has 0 radical (unpaired) electrons. The summed E-state index contributed by atoms with van der Waals surface area (Å²) in [5.41, 5.74) is 5.51. The van der Waals surface area contributed by atoms with E-state index in [9.17, 15) is 4.57 Å². The predicted octanol–water partition coefficient (Wildman–Crippen LogP) is 10.0. The van der Waals surface area contributed by atoms with Gasteiger partial charge >= 0.3 is 7.75 Å². The first kappa shape index (κ1) is 44.0. The molecule has 0 aliphatic heterocycles. The third-order valence-corrected chi connectivity index (χ3v) is 10.1. The summed E-state index contributed by atoms with van der Waals surface area (Å²) in [6.07, 6.45) is 34.1. The van der Waals surface area contributed by atoms with E-state index in [0.29, 0.717) is 26.3 Å². The highest BCUT2D eigenvalue weighted by Gasteiger charge is 2.23. The molecule has 5 N–H and O–H groups in total. The van der Waals surface area contributed by atoms with Gasteiger partial charge in [0.15, 0.2) is 0 Å². The van der Waals surface area contributed by atoms with Crippen LogP contribution < -0.4 is 21.5 Å². The zero-order valence-electron chi connectivity index (χ0n) is 29.8. The molecule has 0 heterocycles. The minimum absolute atomic E-state index is 0.497. The molecule has 0 aliphatic rings. The molecule has 0 saturated heterocycles. The van der Waals surface area contributed by atoms with Gasteiger partial charge in [0.05, 0.1) is 13.2 Å². The van der Waals surface area contributed by atoms with Crippen molar-refractivity contribution in [2.24, 2.45) is 5.73 Å². The molecule has 0 amide bonds. The number of nitrogens with one attached hydrogen (secondary N) is 3. The van der Waals surface area contributed by atoms with E-state index in [0.717, 1.165) is 51.9 Å². The van der Waals surface area contributed by atoms with Crippen LogP contribution in [0.4, 0.5) is 0 Å². The summed E-state index contributed by atoms with van der Waals surface area (Å²) in [6, 6.07) is 0. The lowest BCUT2D eigenvalue weighted by Crippen LogP contribution is -2.34. The molecule has 7 nitrogen and oxygen atoms in total. The van der Waals surface area contributed by atoms with Gasteiger partial charge < -0.3 is 16.4 Å². The molecule has 0 rings (SSSR count). The van der Waals surface area contributed by atoms with E-state index in [1.165, 1.54) is 141 Å². The summed E-state index contributed by atoms with van der Waals surface area (Å²) in [5, 5.41) is 9.73. The summed E-state index contributed by atoms with van der Waals surface area (Å²) in [5.74, 6) is 0. The van der Waals surface area contributed by atoms with E-state index < -0.39 is 7.75 Å². The van der Waals surface area contributed by atoms with Gasteiger partial charge in [-0.2, -0.15) is 0 Å². The number of unbranched alkanes of at least 4 members (excludes halogenated alkanes) is 24. The summed E-state index contributed by atoms with van der Waals surface area (Å²) < 4.78 is 25.2. The number of rotatable bonds is 39. The van der Waals surface area contributed by atoms with Gasteiger partial charge in [-0.05, 0) is 12.8 Å². The maximum absolute atomic E-state index is 13.4. The number of hydrogen-bond acceptors (Lipinski definition) is 6. The summed E-state index contributed by atoms with van der Waals surface area (Å²) >= 11 is 0. The number of nitrogens with two attached hydrogens (primary N) is 1. The van der Waals surface area contributed by atoms with Crippen molar-refractivity contribution < 1.29 is 13.6 Å². The predicted molar refractivity (Wildman–Crippen MR) is 194 cm³/mol. The Labute approximate surface area is 275 Å². The van der Waals surface area contributed by atoms with E-state index in [2.05, 4.69) is 29.6 Å². The van der Waals surface area contributed by atoms with Crippen LogP contribution in [0.25, 0.3) is 0 Å². The Bertz CT molecular complexity index is 550. The van der Waals surface area contributed by atoms with Gasteiger partial charge in [0, 0.05) is 39.3 Å². The standard InChI is InChI=1S/C36H79N4O3P/c1-3-5-7-9-11-13-15-17-19-21-23-25-27-35-42-44(41,40-34-33-39-32-31-38-30-29-37)43-36-28-26-24-22-20-18-16-14-12-10-8-6-4-2/h38-39H,3-37H2,1-2H3,(H,40,41). The third-order valence-electron chi connectivity index (χ3n) is 8.43. The van der Waals surface area contributed by atoms with Crippen LogP contribution in [-0.4, -0.2) is 52.5 Å². The molecule has 0 aromatic rings. The Morgan fingerprint density at radius 2 is 0.727 bits per heavy atom. The highest BCUT2D eigenvalue weighted by atomic mass is 31.2. The second-order valence-corrected chi connectivity index (χ2v) is 14.7. The molecule has 0 unspecified atom stereocenters. The largest absolute Gasteiger partial charge is 0.405 e. The van der Waals surface area contributed by atoms with Gasteiger partial charge in [-0.25, -0.2) is 9.65 Å². The first-order valence-electron chi connectivity index (χ1n) is 19.4. The Kier molecular flexibility index (Phi) is 37.4. The molecular weight excluding hydrogens is 567 g/mol. The van der Waals surface area contributed by atoms with Crippen LogP contribution in [0.5, 0.6) is 0 Å². The molecule has 44 heavy (non-hydrogen) atoms. The third kappa shape index (κ3) is 34.9. The Balaban J connectivity index is 3.99. The Morgan fingerprint density at radius 1 is 0.432 bits per heavy atom. The molecule has 266 valence electrons. The lowest BCUT2D eigenvalue weighted by molar-refractivity contribution is 0.189. The molecule has 0 aliphatic carbocycles. The fourth-order valence-corrected chi connectivity index (χ4v) is 6.93. The van der Waals surface area contributed by atoms with Crippen molar-refractivity contribution in [2.75, 3.05) is 52.5 Å². The van der Waals surface area contributed by atoms with Crippen molar-refractivity contribution in [3.8, 4) is 0 Å². The fourth-order valence-electron chi connectivity index (χ4n) is 5.55. The quantitative estimate of drug-likeness (QED) is 0.0390. The molecule has 0 aromatic carbocycles. The SMILES string of the molecule is CCCCCCCCCCCCCCCOP(=O)(NCCNCCNCCN)OCCCCCCCCCCCCCCC. The molecule has 0 atom stereocenters. The molecule has 0 aromatic heterocycles. The van der Waals surface area contributed by atoms with E-state index in [4.69, 9.17) is 14.8 Å². The normalized spacial score (nSPS) is 12.0. The monoisotopic (exact) mass is 647 g/mol. The van der Waals surface area contributed by atoms with Gasteiger partial charge in [0.1, 0.15) is 0 Å². The van der Waals surface area contributed by atoms with E-state index in [1.54, 1.807) is 0 Å². The first-order valence-corrected chi connectivity index (χ1v) is 21.0. The zero-order chi connectivity index (χ0) is 32.1. The summed E-state index contributed by atoms with van der Waals surface area (Å²) in [4.78, 5) is 0. The second kappa shape index (κ2) is 37.4. The molecule has 0 fully saturated rings. The van der Waals surface area contributed by atoms with Gasteiger partial charge in [-0.15, -0.1) is 0 Å². The van der Waals surface area contributed by atoms with Crippen LogP contribution in [0.3, 0.4) is 0 Å². The molecule has 8 heteroatoms. The average molecular weight is 647 g/mol. The zero-order valence-corrected chi connectivity index (χ0v) is 30.7. The maximum Gasteiger partial charge on any atom is 0.405 e. The Morgan fingerprint density at radius 3 is 1.07 bits per heavy atom. The maximum atomic E-state index is 13.4. The van der Waals surface area contributed by atoms with Crippen LogP contribution in [0, 0.1) is 0 Å². The van der Waals surface area contributed by atoms with Crippen molar-refractivity contribution in [3.63, 3.8) is 0 Å². The lowest BCUT2D eigenvalue weighted by Gasteiger charge is -2.20. The van der Waals surface area contributed by atoms with Crippen molar-refractivity contribution in [2.45, 2.75) is 181 Å². The van der Waals surface area contributed by atoms with E-state index in [1.807, 2.05) is 0 Å². The van der Waals surface area contributed by atoms with Crippen LogP contribution in [0.15, 0.2) is 0 Å². The highest BCUT2D eigenvalue weighted by Crippen LogP contribution is 2.43. The van der Waals surface area contributed by atoms with E-state index in [-0.39, 0.29) is 0 Å². The van der Waals surface area contributed by atoms with Crippen LogP contribution in [-0.2, 0) is 13.6 Å². The van der Waals surface area contributed by atoms with Gasteiger partial charge in [-0.1, -0.05) is 168 Å². The Hall–Kier alpha value is -0.0100. The molecule has 0 spiro atoms. The first-order chi connectivity index (χ1) is 21.7. The fraction of sp³-hybridized carbons (Fsp3) is 1.00. The van der Waals surface area contributed by atoms with Gasteiger partial charge in [0.25, 0.3) is 0 Å². The van der Waals surface area contributed by atoms with Crippen LogP contribution >= 0.6 is 7.75 Å². The molecule has 0 saturated carbocycles. The van der Waals surface area contributed by atoms with Crippen molar-refractivity contribution in [3.05, 3.63) is 0 Å². The summed E-state index contributed by atoms with van der Waals surface area (Å²) in [7, 11) is -3.28.